The molecule has 0 fully saturated rings. The lowest BCUT2D eigenvalue weighted by Crippen LogP contribution is -2.20. The number of carbonyl (C=O) groups is 7. The number of esters is 3. The minimum Gasteiger partial charge on any atom is -0.461 e. The zero-order valence-corrected chi connectivity index (χ0v) is 45.8. The van der Waals surface area contributed by atoms with E-state index >= 15 is 0 Å². The molecule has 4 heterocycles. The summed E-state index contributed by atoms with van der Waals surface area (Å²) in [7, 11) is 0. The fourth-order valence-corrected chi connectivity index (χ4v) is 7.48. The van der Waals surface area contributed by atoms with Gasteiger partial charge in [0.25, 0.3) is 0 Å². The average Bonchev–Trinajstić information content (AvgIpc) is 4.30. The molecular formula is C59H54BrF5N6O10. The van der Waals surface area contributed by atoms with Crippen LogP contribution in [0.2, 0.25) is 0 Å². The van der Waals surface area contributed by atoms with Crippen LogP contribution in [-0.2, 0) is 36.9 Å². The maximum Gasteiger partial charge on any atom is 0.375 e. The molecule has 5 aromatic carbocycles. The Bertz CT molecular complexity index is 3400. The molecule has 9 rings (SSSR count). The number of halogens is 6. The standard InChI is InChI=1S/C14H14BrFN2O2.C13H11FN2O.C12H11FN2O2.C12H11FO4.C8H7FO/c1-2-20-14(19)13-9-12(17-18(13)8-7-15)10-3-5-11(16)6-4-10;14-10-5-3-9(4-6-10)11-8-12-13(17)2-1-7-16(12)15-11;1-2-17-12(16)11-7-10(14-15-11)8-3-5-9(13)6-4-8;1-2-17-12(16)11(15)7-10(14)8-3-5-9(13)6-4-8;1-6(10)7-2-4-8(9)5-3-7/h3-6,9H,2,7-8H2,1H3;3-6,8H,1-2,7H2;3-7H,2H2,1H3,(H,14,15);3-6H,2,7H2,1H3;2-5H,1H3. The SMILES string of the molecule is CC(=O)c1ccc(F)cc1.CCOC(=O)C(=O)CC(=O)c1ccc(F)cc1.CCOC(=O)c1cc(-c2ccc(F)cc2)n[nH]1.CCOC(=O)c1cc(-c2ccc(F)cc2)nn1CCBr.O=C1CCCn2nc(-c3ccc(F)cc3)cc21. The summed E-state index contributed by atoms with van der Waals surface area (Å²) < 4.78 is 80.9. The highest BCUT2D eigenvalue weighted by atomic mass is 79.9. The zero-order valence-electron chi connectivity index (χ0n) is 44.2. The number of alkyl halides is 1. The topological polar surface area (TPSA) is 212 Å². The number of fused-ring (bicyclic) bond motifs is 1. The van der Waals surface area contributed by atoms with E-state index in [0.29, 0.717) is 59.8 Å². The summed E-state index contributed by atoms with van der Waals surface area (Å²) in [5.74, 6) is -4.90. The summed E-state index contributed by atoms with van der Waals surface area (Å²) >= 11 is 3.32. The number of aromatic nitrogens is 6. The van der Waals surface area contributed by atoms with Crippen LogP contribution in [0.3, 0.4) is 0 Å². The van der Waals surface area contributed by atoms with Crippen molar-refractivity contribution in [2.75, 3.05) is 25.2 Å². The number of H-pyrrole nitrogens is 1. The second-order valence-corrected chi connectivity index (χ2v) is 17.7. The van der Waals surface area contributed by atoms with Gasteiger partial charge >= 0.3 is 17.9 Å². The normalized spacial score (nSPS) is 11.1. The molecule has 3 aromatic heterocycles. The highest BCUT2D eigenvalue weighted by molar-refractivity contribution is 9.09. The largest absolute Gasteiger partial charge is 0.461 e. The smallest absolute Gasteiger partial charge is 0.375 e. The van der Waals surface area contributed by atoms with Crippen molar-refractivity contribution in [3.8, 4) is 33.8 Å². The van der Waals surface area contributed by atoms with Crippen LogP contribution in [0.1, 0.15) is 99.1 Å². The number of Topliss-reactive ketones (excluding diaryl/α,β-unsaturated/α-hetero) is 4. The molecule has 16 nitrogen and oxygen atoms in total. The van der Waals surface area contributed by atoms with Crippen LogP contribution < -0.4 is 0 Å². The van der Waals surface area contributed by atoms with Crippen molar-refractivity contribution in [1.29, 1.82) is 0 Å². The van der Waals surface area contributed by atoms with Crippen molar-refractivity contribution in [3.05, 3.63) is 197 Å². The Morgan fingerprint density at radius 2 is 1.04 bits per heavy atom. The van der Waals surface area contributed by atoms with Crippen LogP contribution in [0.4, 0.5) is 22.0 Å². The van der Waals surface area contributed by atoms with Gasteiger partial charge in [0.2, 0.25) is 5.78 Å². The van der Waals surface area contributed by atoms with E-state index in [1.807, 2.05) is 0 Å². The van der Waals surface area contributed by atoms with Crippen molar-refractivity contribution >= 4 is 57.0 Å². The quantitative estimate of drug-likeness (QED) is 0.0193. The van der Waals surface area contributed by atoms with Crippen LogP contribution in [-0.4, -0.2) is 95.9 Å². The van der Waals surface area contributed by atoms with Gasteiger partial charge in [-0.15, -0.1) is 0 Å². The zero-order chi connectivity index (χ0) is 59.0. The molecule has 0 atom stereocenters. The molecule has 0 bridgehead atoms. The fourth-order valence-electron chi connectivity index (χ4n) is 7.14. The van der Waals surface area contributed by atoms with Gasteiger partial charge in [-0.3, -0.25) is 33.6 Å². The lowest BCUT2D eigenvalue weighted by atomic mass is 10.1. The maximum atomic E-state index is 12.9. The first-order valence-electron chi connectivity index (χ1n) is 25.0. The third-order valence-corrected chi connectivity index (χ3v) is 11.5. The number of aryl methyl sites for hydroxylation is 2. The van der Waals surface area contributed by atoms with Crippen molar-refractivity contribution in [1.82, 2.24) is 29.8 Å². The highest BCUT2D eigenvalue weighted by Crippen LogP contribution is 2.24. The van der Waals surface area contributed by atoms with Crippen LogP contribution in [0.5, 0.6) is 0 Å². The number of carbonyl (C=O) groups excluding carboxylic acids is 7. The molecule has 0 radical (unpaired) electrons. The number of aromatic amines is 1. The molecule has 1 N–H and O–H groups in total. The van der Waals surface area contributed by atoms with E-state index in [2.05, 4.69) is 41.1 Å². The predicted octanol–water partition coefficient (Wildman–Crippen LogP) is 11.9. The van der Waals surface area contributed by atoms with E-state index in [9.17, 15) is 55.5 Å². The van der Waals surface area contributed by atoms with Gasteiger partial charge in [-0.2, -0.15) is 15.3 Å². The maximum absolute atomic E-state index is 12.9. The number of benzene rings is 5. The number of hydrogen-bond acceptors (Lipinski definition) is 13. The number of rotatable bonds is 15. The Balaban J connectivity index is 0.000000188. The summed E-state index contributed by atoms with van der Waals surface area (Å²) in [6.07, 6.45) is 0.870. The first-order chi connectivity index (χ1) is 38.8. The van der Waals surface area contributed by atoms with Gasteiger partial charge < -0.3 is 14.2 Å². The Labute approximate surface area is 470 Å². The van der Waals surface area contributed by atoms with Crippen molar-refractivity contribution in [2.45, 2.75) is 60.0 Å². The molecular weight excluding hydrogens is 1130 g/mol. The van der Waals surface area contributed by atoms with Crippen LogP contribution in [0.15, 0.2) is 140 Å². The van der Waals surface area contributed by atoms with Gasteiger partial charge in [0.05, 0.1) is 49.9 Å². The van der Waals surface area contributed by atoms with Gasteiger partial charge in [0, 0.05) is 46.1 Å². The molecule has 0 unspecified atom stereocenters. The Morgan fingerprint density at radius 1 is 0.580 bits per heavy atom. The van der Waals surface area contributed by atoms with Crippen LogP contribution in [0.25, 0.3) is 33.8 Å². The van der Waals surface area contributed by atoms with Gasteiger partial charge in [0.15, 0.2) is 17.3 Å². The number of nitrogens with one attached hydrogen (secondary N) is 1. The first-order valence-corrected chi connectivity index (χ1v) is 26.1. The number of ketones is 4. The Morgan fingerprint density at radius 3 is 1.51 bits per heavy atom. The van der Waals surface area contributed by atoms with E-state index in [-0.39, 0.29) is 52.7 Å². The van der Waals surface area contributed by atoms with Crippen molar-refractivity contribution in [3.63, 3.8) is 0 Å². The Kier molecular flexibility index (Phi) is 24.4. The second-order valence-electron chi connectivity index (χ2n) is 16.9. The third kappa shape index (κ3) is 19.4. The Hall–Kier alpha value is -9.05. The van der Waals surface area contributed by atoms with Gasteiger partial charge in [0.1, 0.15) is 46.2 Å². The molecule has 0 aliphatic carbocycles. The molecule has 1 aliphatic rings. The van der Waals surface area contributed by atoms with E-state index in [1.165, 1.54) is 79.7 Å². The minimum absolute atomic E-state index is 0.0417. The fraction of sp³-hybridized carbons (Fsp3) is 0.220. The molecule has 0 saturated heterocycles. The molecule has 0 saturated carbocycles. The summed E-state index contributed by atoms with van der Waals surface area (Å²) in [5, 5.41) is 16.0. The lowest BCUT2D eigenvalue weighted by molar-refractivity contribution is -0.153. The number of hydrogen-bond donors (Lipinski definition) is 1. The van der Waals surface area contributed by atoms with Crippen molar-refractivity contribution in [2.24, 2.45) is 0 Å². The number of ether oxygens (including phenoxy) is 3. The lowest BCUT2D eigenvalue weighted by Gasteiger charge is -2.10. The summed E-state index contributed by atoms with van der Waals surface area (Å²) in [4.78, 5) is 79.3. The number of nitrogens with zero attached hydrogens (tertiary/aromatic N) is 5. The highest BCUT2D eigenvalue weighted by Gasteiger charge is 2.22. The second kappa shape index (κ2) is 31.5. The summed E-state index contributed by atoms with van der Waals surface area (Å²) in [6.45, 7) is 8.53. The van der Waals surface area contributed by atoms with Gasteiger partial charge in [-0.05, 0) is 174 Å². The molecule has 81 heavy (non-hydrogen) atoms. The molecule has 22 heteroatoms. The van der Waals surface area contributed by atoms with Gasteiger partial charge in [-0.1, -0.05) is 15.9 Å². The van der Waals surface area contributed by atoms with Gasteiger partial charge in [-0.25, -0.2) is 36.3 Å². The molecule has 0 spiro atoms. The van der Waals surface area contributed by atoms with Crippen molar-refractivity contribution < 1.29 is 69.7 Å². The summed E-state index contributed by atoms with van der Waals surface area (Å²) in [6, 6.07) is 33.3. The van der Waals surface area contributed by atoms with Crippen LogP contribution >= 0.6 is 15.9 Å². The van der Waals surface area contributed by atoms with E-state index in [4.69, 9.17) is 9.47 Å². The monoisotopic (exact) mass is 1180 g/mol. The van der Waals surface area contributed by atoms with E-state index in [1.54, 1.807) is 84.7 Å². The molecule has 422 valence electrons. The van der Waals surface area contributed by atoms with Crippen LogP contribution in [0, 0.1) is 29.1 Å². The van der Waals surface area contributed by atoms with E-state index < -0.39 is 41.7 Å². The third-order valence-electron chi connectivity index (χ3n) is 11.1. The molecule has 1 aliphatic heterocycles. The summed E-state index contributed by atoms with van der Waals surface area (Å²) in [5.41, 5.74) is 6.32. The van der Waals surface area contributed by atoms with E-state index in [0.717, 1.165) is 47.5 Å². The molecule has 8 aromatic rings. The average molecular weight is 1180 g/mol. The predicted molar refractivity (Wildman–Crippen MR) is 292 cm³/mol. The first kappa shape index (κ1) is 62.8. The molecule has 0 amide bonds. The minimum atomic E-state index is -1.03.